The Bertz CT molecular complexity index is 511. The second kappa shape index (κ2) is 5.17. The van der Waals surface area contributed by atoms with Crippen molar-refractivity contribution in [2.45, 2.75) is 13.5 Å². The van der Waals surface area contributed by atoms with Crippen molar-refractivity contribution in [3.8, 4) is 11.5 Å². The number of rotatable bonds is 3. The van der Waals surface area contributed by atoms with Gasteiger partial charge in [-0.2, -0.15) is 0 Å². The van der Waals surface area contributed by atoms with Crippen molar-refractivity contribution in [3.05, 3.63) is 52.8 Å². The zero-order chi connectivity index (χ0) is 12.3. The molecule has 0 fully saturated rings. The maximum absolute atomic E-state index is 5.93. The zero-order valence-corrected chi connectivity index (χ0v) is 10.2. The Hall–Kier alpha value is -1.58. The van der Waals surface area contributed by atoms with E-state index in [9.17, 15) is 0 Å². The SMILES string of the molecule is Cc1ccc(Oc2cc(Cl)ccc2CN)cn1. The number of hydrogen-bond donors (Lipinski definition) is 1. The lowest BCUT2D eigenvalue weighted by molar-refractivity contribution is 0.474. The Kier molecular flexibility index (Phi) is 3.61. The number of benzene rings is 1. The van der Waals surface area contributed by atoms with Crippen LogP contribution in [-0.2, 0) is 6.54 Å². The molecule has 0 saturated heterocycles. The van der Waals surface area contributed by atoms with Crippen molar-refractivity contribution in [3.63, 3.8) is 0 Å². The fourth-order valence-electron chi connectivity index (χ4n) is 1.43. The van der Waals surface area contributed by atoms with Gasteiger partial charge in [-0.3, -0.25) is 4.98 Å². The summed E-state index contributed by atoms with van der Waals surface area (Å²) in [6, 6.07) is 9.17. The maximum atomic E-state index is 5.93. The van der Waals surface area contributed by atoms with E-state index in [-0.39, 0.29) is 0 Å². The van der Waals surface area contributed by atoms with Crippen LogP contribution in [0.15, 0.2) is 36.5 Å². The third-order valence-corrected chi connectivity index (χ3v) is 2.60. The molecule has 0 aliphatic rings. The van der Waals surface area contributed by atoms with Gasteiger partial charge in [0, 0.05) is 22.8 Å². The summed E-state index contributed by atoms with van der Waals surface area (Å²) in [7, 11) is 0. The lowest BCUT2D eigenvalue weighted by atomic mass is 10.2. The Morgan fingerprint density at radius 3 is 2.76 bits per heavy atom. The Labute approximate surface area is 105 Å². The predicted molar refractivity (Wildman–Crippen MR) is 68.4 cm³/mol. The summed E-state index contributed by atoms with van der Waals surface area (Å²) in [6.07, 6.45) is 1.68. The van der Waals surface area contributed by atoms with Gasteiger partial charge in [0.05, 0.1) is 6.20 Å². The summed E-state index contributed by atoms with van der Waals surface area (Å²) in [5.74, 6) is 1.35. The van der Waals surface area contributed by atoms with Gasteiger partial charge in [-0.1, -0.05) is 17.7 Å². The largest absolute Gasteiger partial charge is 0.455 e. The standard InChI is InChI=1S/C13H13ClN2O/c1-9-2-5-12(8-16-9)17-13-6-11(14)4-3-10(13)7-15/h2-6,8H,7,15H2,1H3. The van der Waals surface area contributed by atoms with Gasteiger partial charge in [0.2, 0.25) is 0 Å². The Morgan fingerprint density at radius 2 is 2.12 bits per heavy atom. The van der Waals surface area contributed by atoms with Crippen LogP contribution in [0.2, 0.25) is 5.02 Å². The Morgan fingerprint density at radius 1 is 1.29 bits per heavy atom. The number of nitrogens with two attached hydrogens (primary N) is 1. The molecule has 2 N–H and O–H groups in total. The average Bonchev–Trinajstić information content (AvgIpc) is 2.32. The number of nitrogens with zero attached hydrogens (tertiary/aromatic N) is 1. The van der Waals surface area contributed by atoms with Crippen LogP contribution in [0.4, 0.5) is 0 Å². The van der Waals surface area contributed by atoms with E-state index in [0.717, 1.165) is 11.3 Å². The molecule has 0 aliphatic heterocycles. The first kappa shape index (κ1) is 11.9. The average molecular weight is 249 g/mol. The summed E-state index contributed by atoms with van der Waals surface area (Å²) in [5.41, 5.74) is 7.50. The molecule has 3 nitrogen and oxygen atoms in total. The highest BCUT2D eigenvalue weighted by Gasteiger charge is 2.05. The van der Waals surface area contributed by atoms with Crippen LogP contribution < -0.4 is 10.5 Å². The molecule has 2 aromatic rings. The molecule has 0 atom stereocenters. The molecular formula is C13H13ClN2O. The van der Waals surface area contributed by atoms with Gasteiger partial charge in [0.15, 0.2) is 0 Å². The van der Waals surface area contributed by atoms with E-state index in [4.69, 9.17) is 22.1 Å². The fourth-order valence-corrected chi connectivity index (χ4v) is 1.60. The quantitative estimate of drug-likeness (QED) is 0.907. The molecule has 0 amide bonds. The van der Waals surface area contributed by atoms with Crippen molar-refractivity contribution < 1.29 is 4.74 Å². The van der Waals surface area contributed by atoms with E-state index in [2.05, 4.69) is 4.98 Å². The summed E-state index contributed by atoms with van der Waals surface area (Å²) >= 11 is 5.93. The van der Waals surface area contributed by atoms with Crippen molar-refractivity contribution >= 4 is 11.6 Å². The number of pyridine rings is 1. The topological polar surface area (TPSA) is 48.1 Å². The lowest BCUT2D eigenvalue weighted by Gasteiger charge is -2.10. The first-order valence-corrected chi connectivity index (χ1v) is 5.66. The summed E-state index contributed by atoms with van der Waals surface area (Å²) < 4.78 is 5.71. The Balaban J connectivity index is 2.28. The number of ether oxygens (including phenoxy) is 1. The normalized spacial score (nSPS) is 10.3. The van der Waals surface area contributed by atoms with Gasteiger partial charge in [-0.15, -0.1) is 0 Å². The van der Waals surface area contributed by atoms with Gasteiger partial charge in [-0.25, -0.2) is 0 Å². The highest BCUT2D eigenvalue weighted by Crippen LogP contribution is 2.27. The number of halogens is 1. The summed E-state index contributed by atoms with van der Waals surface area (Å²) in [5, 5.41) is 0.622. The molecule has 0 radical (unpaired) electrons. The summed E-state index contributed by atoms with van der Waals surface area (Å²) in [4.78, 5) is 4.16. The van der Waals surface area contributed by atoms with Gasteiger partial charge >= 0.3 is 0 Å². The highest BCUT2D eigenvalue weighted by atomic mass is 35.5. The van der Waals surface area contributed by atoms with Crippen LogP contribution in [0.1, 0.15) is 11.3 Å². The van der Waals surface area contributed by atoms with E-state index in [1.54, 1.807) is 18.3 Å². The molecule has 0 unspecified atom stereocenters. The van der Waals surface area contributed by atoms with Crippen molar-refractivity contribution in [1.82, 2.24) is 4.98 Å². The van der Waals surface area contributed by atoms with Gasteiger partial charge in [0.25, 0.3) is 0 Å². The van der Waals surface area contributed by atoms with Gasteiger partial charge < -0.3 is 10.5 Å². The van der Waals surface area contributed by atoms with Crippen molar-refractivity contribution in [2.75, 3.05) is 0 Å². The second-order valence-electron chi connectivity index (χ2n) is 3.69. The second-order valence-corrected chi connectivity index (χ2v) is 4.13. The van der Waals surface area contributed by atoms with Crippen LogP contribution in [0.25, 0.3) is 0 Å². The number of hydrogen-bond acceptors (Lipinski definition) is 3. The molecule has 0 saturated carbocycles. The molecule has 2 rings (SSSR count). The van der Waals surface area contributed by atoms with Crippen molar-refractivity contribution in [1.29, 1.82) is 0 Å². The predicted octanol–water partition coefficient (Wildman–Crippen LogP) is 3.29. The molecular weight excluding hydrogens is 236 g/mol. The lowest BCUT2D eigenvalue weighted by Crippen LogP contribution is -1.99. The molecule has 1 aromatic heterocycles. The molecule has 0 bridgehead atoms. The van der Waals surface area contributed by atoms with E-state index < -0.39 is 0 Å². The number of aromatic nitrogens is 1. The van der Waals surface area contributed by atoms with Gasteiger partial charge in [0.1, 0.15) is 11.5 Å². The third-order valence-electron chi connectivity index (χ3n) is 2.36. The fraction of sp³-hybridized carbons (Fsp3) is 0.154. The van der Waals surface area contributed by atoms with Crippen LogP contribution >= 0.6 is 11.6 Å². The molecule has 0 spiro atoms. The van der Waals surface area contributed by atoms with Crippen molar-refractivity contribution in [2.24, 2.45) is 5.73 Å². The highest BCUT2D eigenvalue weighted by molar-refractivity contribution is 6.30. The molecule has 17 heavy (non-hydrogen) atoms. The first-order chi connectivity index (χ1) is 8.19. The molecule has 1 heterocycles. The smallest absolute Gasteiger partial charge is 0.145 e. The third kappa shape index (κ3) is 2.96. The summed E-state index contributed by atoms with van der Waals surface area (Å²) in [6.45, 7) is 2.33. The van der Waals surface area contributed by atoms with Crippen LogP contribution in [0, 0.1) is 6.92 Å². The molecule has 4 heteroatoms. The van der Waals surface area contributed by atoms with Crippen LogP contribution in [0.5, 0.6) is 11.5 Å². The minimum atomic E-state index is 0.409. The molecule has 88 valence electrons. The molecule has 0 aliphatic carbocycles. The zero-order valence-electron chi connectivity index (χ0n) is 9.48. The first-order valence-electron chi connectivity index (χ1n) is 5.28. The van der Waals surface area contributed by atoms with Crippen LogP contribution in [-0.4, -0.2) is 4.98 Å². The molecule has 1 aromatic carbocycles. The monoisotopic (exact) mass is 248 g/mol. The minimum absolute atomic E-state index is 0.409. The van der Waals surface area contributed by atoms with E-state index >= 15 is 0 Å². The van der Waals surface area contributed by atoms with Crippen LogP contribution in [0.3, 0.4) is 0 Å². The maximum Gasteiger partial charge on any atom is 0.145 e. The van der Waals surface area contributed by atoms with E-state index in [1.807, 2.05) is 25.1 Å². The minimum Gasteiger partial charge on any atom is -0.455 e. The van der Waals surface area contributed by atoms with E-state index in [1.165, 1.54) is 0 Å². The van der Waals surface area contributed by atoms with Gasteiger partial charge in [-0.05, 0) is 31.2 Å². The number of aryl methyl sites for hydroxylation is 1. The van der Waals surface area contributed by atoms with E-state index in [0.29, 0.717) is 23.1 Å².